The summed E-state index contributed by atoms with van der Waals surface area (Å²) < 4.78 is 0. The molecule has 12 heavy (non-hydrogen) atoms. The minimum Gasteiger partial charge on any atom is -0.352 e. The lowest BCUT2D eigenvalue weighted by Crippen LogP contribution is -2.44. The molecule has 0 aromatic heterocycles. The quantitative estimate of drug-likeness (QED) is 0.661. The van der Waals surface area contributed by atoms with Crippen molar-refractivity contribution in [1.29, 1.82) is 0 Å². The number of carbonyl (C=O) groups excluding carboxylic acids is 1. The third-order valence-corrected chi connectivity index (χ3v) is 2.28. The zero-order chi connectivity index (χ0) is 9.72. The first-order valence-electron chi connectivity index (χ1n) is 4.55. The van der Waals surface area contributed by atoms with Gasteiger partial charge in [-0.1, -0.05) is 20.3 Å². The third kappa shape index (κ3) is 3.72. The summed E-state index contributed by atoms with van der Waals surface area (Å²) in [7, 11) is 0. The third-order valence-electron chi connectivity index (χ3n) is 2.28. The molecule has 3 N–H and O–H groups in total. The van der Waals surface area contributed by atoms with Crippen LogP contribution < -0.4 is 11.1 Å². The van der Waals surface area contributed by atoms with Gasteiger partial charge in [0.1, 0.15) is 0 Å². The predicted molar refractivity (Wildman–Crippen MR) is 50.7 cm³/mol. The SMILES string of the molecule is CCC(C)C(C)NC(=O)[C@H](C)N. The fourth-order valence-corrected chi connectivity index (χ4v) is 0.852. The number of rotatable bonds is 4. The van der Waals surface area contributed by atoms with Gasteiger partial charge >= 0.3 is 0 Å². The smallest absolute Gasteiger partial charge is 0.236 e. The van der Waals surface area contributed by atoms with Crippen LogP contribution in [0.4, 0.5) is 0 Å². The van der Waals surface area contributed by atoms with Crippen molar-refractivity contribution in [2.24, 2.45) is 11.7 Å². The molecule has 0 bridgehead atoms. The highest BCUT2D eigenvalue weighted by molar-refractivity contribution is 5.81. The van der Waals surface area contributed by atoms with Gasteiger partial charge in [-0.3, -0.25) is 4.79 Å². The van der Waals surface area contributed by atoms with Crippen LogP contribution in [-0.4, -0.2) is 18.0 Å². The summed E-state index contributed by atoms with van der Waals surface area (Å²) in [5.41, 5.74) is 5.41. The van der Waals surface area contributed by atoms with Gasteiger partial charge in [-0.2, -0.15) is 0 Å². The number of hydrogen-bond donors (Lipinski definition) is 2. The Morgan fingerprint density at radius 3 is 2.25 bits per heavy atom. The maximum atomic E-state index is 11.1. The summed E-state index contributed by atoms with van der Waals surface area (Å²) in [5.74, 6) is 0.440. The van der Waals surface area contributed by atoms with Crippen LogP contribution in [0.25, 0.3) is 0 Å². The number of nitrogens with one attached hydrogen (secondary N) is 1. The monoisotopic (exact) mass is 172 g/mol. The van der Waals surface area contributed by atoms with Gasteiger partial charge in [-0.25, -0.2) is 0 Å². The fourth-order valence-electron chi connectivity index (χ4n) is 0.852. The first kappa shape index (κ1) is 11.4. The molecular formula is C9H20N2O. The highest BCUT2D eigenvalue weighted by Gasteiger charge is 2.14. The average molecular weight is 172 g/mol. The Bertz CT molecular complexity index is 145. The number of amides is 1. The molecule has 3 nitrogen and oxygen atoms in total. The lowest BCUT2D eigenvalue weighted by molar-refractivity contribution is -0.122. The van der Waals surface area contributed by atoms with Gasteiger partial charge in [0.25, 0.3) is 0 Å². The zero-order valence-electron chi connectivity index (χ0n) is 8.42. The van der Waals surface area contributed by atoms with Crippen LogP contribution in [-0.2, 0) is 4.79 Å². The normalized spacial score (nSPS) is 18.1. The first-order valence-corrected chi connectivity index (χ1v) is 4.55. The van der Waals surface area contributed by atoms with Gasteiger partial charge in [-0.15, -0.1) is 0 Å². The van der Waals surface area contributed by atoms with E-state index in [1.807, 2.05) is 6.92 Å². The van der Waals surface area contributed by atoms with Gasteiger partial charge in [0.2, 0.25) is 5.91 Å². The molecule has 1 amide bonds. The molecule has 0 aliphatic rings. The highest BCUT2D eigenvalue weighted by Crippen LogP contribution is 2.06. The average Bonchev–Trinajstić information content (AvgIpc) is 2.02. The molecule has 0 saturated heterocycles. The van der Waals surface area contributed by atoms with Gasteiger partial charge in [-0.05, 0) is 19.8 Å². The maximum Gasteiger partial charge on any atom is 0.236 e. The Kier molecular flexibility index (Phi) is 4.90. The fraction of sp³-hybridized carbons (Fsp3) is 0.889. The molecule has 2 unspecified atom stereocenters. The van der Waals surface area contributed by atoms with Crippen molar-refractivity contribution < 1.29 is 4.79 Å². The van der Waals surface area contributed by atoms with Crippen molar-refractivity contribution in [3.8, 4) is 0 Å². The molecule has 3 heteroatoms. The number of carbonyl (C=O) groups is 1. The van der Waals surface area contributed by atoms with Crippen LogP contribution in [0.1, 0.15) is 34.1 Å². The largest absolute Gasteiger partial charge is 0.352 e. The van der Waals surface area contributed by atoms with E-state index < -0.39 is 6.04 Å². The molecule has 0 aromatic rings. The lowest BCUT2D eigenvalue weighted by Gasteiger charge is -2.20. The van der Waals surface area contributed by atoms with E-state index in [0.29, 0.717) is 5.92 Å². The van der Waals surface area contributed by atoms with E-state index in [0.717, 1.165) is 6.42 Å². The predicted octanol–water partition coefficient (Wildman–Crippen LogP) is 0.884. The molecule has 0 aromatic carbocycles. The Balaban J connectivity index is 3.83. The minimum atomic E-state index is -0.406. The van der Waals surface area contributed by atoms with Gasteiger partial charge in [0, 0.05) is 6.04 Å². The number of hydrogen-bond acceptors (Lipinski definition) is 2. The molecule has 0 fully saturated rings. The summed E-state index contributed by atoms with van der Waals surface area (Å²) in [6.45, 7) is 7.93. The van der Waals surface area contributed by atoms with Crippen LogP contribution in [0.3, 0.4) is 0 Å². The van der Waals surface area contributed by atoms with Crippen LogP contribution in [0.5, 0.6) is 0 Å². The molecule has 72 valence electrons. The van der Waals surface area contributed by atoms with Crippen molar-refractivity contribution >= 4 is 5.91 Å². The summed E-state index contributed by atoms with van der Waals surface area (Å²) >= 11 is 0. The first-order chi connectivity index (χ1) is 5.49. The van der Waals surface area contributed by atoms with E-state index in [1.165, 1.54) is 0 Å². The van der Waals surface area contributed by atoms with Crippen molar-refractivity contribution in [3.63, 3.8) is 0 Å². The van der Waals surface area contributed by atoms with Crippen LogP contribution in [0.15, 0.2) is 0 Å². The molecule has 0 heterocycles. The molecule has 0 aliphatic heterocycles. The maximum absolute atomic E-state index is 11.1. The summed E-state index contributed by atoms with van der Waals surface area (Å²) in [4.78, 5) is 11.1. The Labute approximate surface area is 74.7 Å². The second kappa shape index (κ2) is 5.14. The molecule has 0 aliphatic carbocycles. The minimum absolute atomic E-state index is 0.0669. The second-order valence-electron chi connectivity index (χ2n) is 3.47. The molecule has 0 saturated carbocycles. The standard InChI is InChI=1S/C9H20N2O/c1-5-6(2)8(4)11-9(12)7(3)10/h6-8H,5,10H2,1-4H3,(H,11,12)/t6?,7-,8?/m0/s1. The van der Waals surface area contributed by atoms with Crippen LogP contribution >= 0.6 is 0 Å². The van der Waals surface area contributed by atoms with Crippen molar-refractivity contribution in [2.45, 2.75) is 46.2 Å². The van der Waals surface area contributed by atoms with E-state index in [2.05, 4.69) is 19.2 Å². The number of nitrogens with two attached hydrogens (primary N) is 1. The van der Waals surface area contributed by atoms with E-state index in [1.54, 1.807) is 6.92 Å². The summed E-state index contributed by atoms with van der Waals surface area (Å²) in [6.07, 6.45) is 1.07. The molecule has 3 atom stereocenters. The zero-order valence-corrected chi connectivity index (χ0v) is 8.42. The van der Waals surface area contributed by atoms with Crippen LogP contribution in [0.2, 0.25) is 0 Å². The Morgan fingerprint density at radius 1 is 1.42 bits per heavy atom. The van der Waals surface area contributed by atoms with E-state index >= 15 is 0 Å². The van der Waals surface area contributed by atoms with E-state index in [9.17, 15) is 4.79 Å². The van der Waals surface area contributed by atoms with Crippen LogP contribution in [0, 0.1) is 5.92 Å². The van der Waals surface area contributed by atoms with Gasteiger partial charge in [0.05, 0.1) is 6.04 Å². The molecule has 0 radical (unpaired) electrons. The van der Waals surface area contributed by atoms with Crippen molar-refractivity contribution in [3.05, 3.63) is 0 Å². The molecule has 0 rings (SSSR count). The van der Waals surface area contributed by atoms with Gasteiger partial charge < -0.3 is 11.1 Å². The Morgan fingerprint density at radius 2 is 1.92 bits per heavy atom. The second-order valence-corrected chi connectivity index (χ2v) is 3.47. The molecule has 0 spiro atoms. The lowest BCUT2D eigenvalue weighted by atomic mass is 10.0. The van der Waals surface area contributed by atoms with E-state index in [-0.39, 0.29) is 11.9 Å². The van der Waals surface area contributed by atoms with E-state index in [4.69, 9.17) is 5.73 Å². The van der Waals surface area contributed by atoms with Crippen molar-refractivity contribution in [1.82, 2.24) is 5.32 Å². The molecular weight excluding hydrogens is 152 g/mol. The summed E-state index contributed by atoms with van der Waals surface area (Å²) in [6, 6.07) is -0.190. The van der Waals surface area contributed by atoms with Crippen molar-refractivity contribution in [2.75, 3.05) is 0 Å². The Hall–Kier alpha value is -0.570. The topological polar surface area (TPSA) is 55.1 Å². The highest BCUT2D eigenvalue weighted by atomic mass is 16.2. The summed E-state index contributed by atoms with van der Waals surface area (Å²) in [5, 5.41) is 2.87. The van der Waals surface area contributed by atoms with Gasteiger partial charge in [0.15, 0.2) is 0 Å².